The van der Waals surface area contributed by atoms with E-state index in [0.29, 0.717) is 6.61 Å². The highest BCUT2D eigenvalue weighted by Gasteiger charge is 2.36. The summed E-state index contributed by atoms with van der Waals surface area (Å²) < 4.78 is 18.8. The quantitative estimate of drug-likeness (QED) is 0.0488. The van der Waals surface area contributed by atoms with E-state index < -0.39 is 17.1 Å². The summed E-state index contributed by atoms with van der Waals surface area (Å²) in [6, 6.07) is 0. The van der Waals surface area contributed by atoms with Crippen LogP contribution in [0.5, 0.6) is 0 Å². The molecule has 0 bridgehead atoms. The summed E-state index contributed by atoms with van der Waals surface area (Å²) in [5.41, 5.74) is 0. The number of rotatable bonds is 30. The van der Waals surface area contributed by atoms with Gasteiger partial charge in [0.25, 0.3) is 0 Å². The van der Waals surface area contributed by atoms with Crippen LogP contribution in [0.15, 0.2) is 12.2 Å². The van der Waals surface area contributed by atoms with Crippen molar-refractivity contribution in [1.82, 2.24) is 0 Å². The third-order valence-corrected chi connectivity index (χ3v) is 13.1. The van der Waals surface area contributed by atoms with Gasteiger partial charge in [-0.05, 0) is 45.5 Å². The second-order valence-electron chi connectivity index (χ2n) is 12.4. The molecule has 0 aliphatic rings. The molecule has 0 rings (SSSR count). The summed E-state index contributed by atoms with van der Waals surface area (Å²) in [6.45, 7) is 14.7. The Morgan fingerprint density at radius 3 is 1.24 bits per heavy atom. The normalized spacial score (nSPS) is 12.7. The zero-order valence-electron chi connectivity index (χ0n) is 27.1. The van der Waals surface area contributed by atoms with E-state index >= 15 is 0 Å². The average molecular weight is 571 g/mol. The molecule has 0 aliphatic heterocycles. The fraction of sp³-hybridized carbons (Fsp3) is 0.939. The Morgan fingerprint density at radius 1 is 0.421 bits per heavy atom. The Labute approximate surface area is 242 Å². The number of hydrogen-bond donors (Lipinski definition) is 0. The largest absolute Gasteiger partial charge is 0.415 e. The van der Waals surface area contributed by atoms with Crippen LogP contribution in [0.2, 0.25) is 26.2 Å². The summed E-state index contributed by atoms with van der Waals surface area (Å²) in [4.78, 5) is 0. The van der Waals surface area contributed by atoms with Gasteiger partial charge in [-0.15, -0.1) is 0 Å². The van der Waals surface area contributed by atoms with E-state index in [1.165, 1.54) is 141 Å². The fourth-order valence-electron chi connectivity index (χ4n) is 5.10. The highest BCUT2D eigenvalue weighted by atomic mass is 28.5. The van der Waals surface area contributed by atoms with Gasteiger partial charge < -0.3 is 13.0 Å². The summed E-state index contributed by atoms with van der Waals surface area (Å²) in [5.74, 6) is 0. The number of hydrogen-bond acceptors (Lipinski definition) is 3. The Morgan fingerprint density at radius 2 is 0.789 bits per heavy atom. The second-order valence-corrected chi connectivity index (χ2v) is 19.4. The van der Waals surface area contributed by atoms with Crippen molar-refractivity contribution in [2.24, 2.45) is 0 Å². The predicted octanol–water partition coefficient (Wildman–Crippen LogP) is 12.0. The van der Waals surface area contributed by atoms with Gasteiger partial charge in [0.1, 0.15) is 0 Å². The first-order chi connectivity index (χ1) is 18.3. The minimum absolute atomic E-state index is 0.665. The van der Waals surface area contributed by atoms with Crippen molar-refractivity contribution in [2.75, 3.05) is 13.2 Å². The third-order valence-electron chi connectivity index (χ3n) is 7.36. The molecule has 228 valence electrons. The third kappa shape index (κ3) is 29.0. The first-order valence-corrected chi connectivity index (χ1v) is 22.6. The maximum absolute atomic E-state index is 6.44. The minimum Gasteiger partial charge on any atom is -0.415 e. The molecule has 0 saturated heterocycles. The maximum atomic E-state index is 6.44. The monoisotopic (exact) mass is 570 g/mol. The van der Waals surface area contributed by atoms with Crippen LogP contribution in [-0.4, -0.2) is 30.3 Å². The van der Waals surface area contributed by atoms with Gasteiger partial charge in [-0.1, -0.05) is 154 Å². The van der Waals surface area contributed by atoms with Crippen molar-refractivity contribution in [1.29, 1.82) is 0 Å². The van der Waals surface area contributed by atoms with Crippen LogP contribution in [-0.2, 0) is 13.0 Å². The first kappa shape index (κ1) is 38.1. The zero-order valence-corrected chi connectivity index (χ0v) is 29.1. The molecule has 0 N–H and O–H groups in total. The highest BCUT2D eigenvalue weighted by Crippen LogP contribution is 2.18. The summed E-state index contributed by atoms with van der Waals surface area (Å²) in [7, 11) is -4.29. The second kappa shape index (κ2) is 27.2. The molecule has 0 aromatic carbocycles. The van der Waals surface area contributed by atoms with Gasteiger partial charge in [-0.3, -0.25) is 0 Å². The minimum atomic E-state index is -2.16. The standard InChI is InChI=1S/C33H70O3Si2/c1-7-9-11-13-15-17-18-19-20-21-22-23-25-27-29-31-33-35-38(5,6)36-37(3,4)34-32-30-28-26-24-16-14-12-10-8-2/h28,30H,7-27,29,31-33H2,1-6H3/b30-28+. The van der Waals surface area contributed by atoms with Gasteiger partial charge in [0, 0.05) is 6.61 Å². The fourth-order valence-corrected chi connectivity index (χ4v) is 11.4. The van der Waals surface area contributed by atoms with Gasteiger partial charge in [0.2, 0.25) is 0 Å². The topological polar surface area (TPSA) is 27.7 Å². The molecule has 0 aromatic heterocycles. The van der Waals surface area contributed by atoms with Crippen LogP contribution < -0.4 is 0 Å². The molecule has 0 atom stereocenters. The van der Waals surface area contributed by atoms with E-state index in [1.807, 2.05) is 0 Å². The molecule has 0 fully saturated rings. The number of unbranched alkanes of at least 4 members (excludes halogenated alkanes) is 21. The van der Waals surface area contributed by atoms with Crippen LogP contribution in [0.3, 0.4) is 0 Å². The van der Waals surface area contributed by atoms with E-state index in [2.05, 4.69) is 52.2 Å². The molecular formula is C33H70O3Si2. The van der Waals surface area contributed by atoms with E-state index in [0.717, 1.165) is 13.0 Å². The van der Waals surface area contributed by atoms with Crippen LogP contribution in [0.1, 0.15) is 162 Å². The van der Waals surface area contributed by atoms with Gasteiger partial charge in [-0.2, -0.15) is 0 Å². The van der Waals surface area contributed by atoms with E-state index in [-0.39, 0.29) is 0 Å². The number of allylic oxidation sites excluding steroid dienone is 1. The van der Waals surface area contributed by atoms with Gasteiger partial charge in [-0.25, -0.2) is 0 Å². The summed E-state index contributed by atoms with van der Waals surface area (Å²) in [6.07, 6.45) is 36.1. The molecule has 0 amide bonds. The van der Waals surface area contributed by atoms with Crippen molar-refractivity contribution in [3.63, 3.8) is 0 Å². The van der Waals surface area contributed by atoms with Gasteiger partial charge in [0.05, 0.1) is 6.61 Å². The molecule has 0 unspecified atom stereocenters. The summed E-state index contributed by atoms with van der Waals surface area (Å²) in [5, 5.41) is 0. The Bertz CT molecular complexity index is 508. The van der Waals surface area contributed by atoms with Crippen molar-refractivity contribution in [3.05, 3.63) is 12.2 Å². The van der Waals surface area contributed by atoms with E-state index in [4.69, 9.17) is 13.0 Å². The molecule has 38 heavy (non-hydrogen) atoms. The molecule has 3 nitrogen and oxygen atoms in total. The lowest BCUT2D eigenvalue weighted by molar-refractivity contribution is 0.203. The van der Waals surface area contributed by atoms with Crippen molar-refractivity contribution < 1.29 is 13.0 Å². The molecule has 0 spiro atoms. The SMILES string of the molecule is CCCCCCCC/C=C/CO[Si](C)(C)O[Si](C)(C)OCCCCCCCCCCCCCCCCCC. The predicted molar refractivity (Wildman–Crippen MR) is 175 cm³/mol. The molecule has 0 aromatic rings. The smallest absolute Gasteiger partial charge is 0.323 e. The van der Waals surface area contributed by atoms with E-state index in [1.54, 1.807) is 0 Å². The molecular weight excluding hydrogens is 501 g/mol. The molecule has 0 aliphatic carbocycles. The lowest BCUT2D eigenvalue weighted by Crippen LogP contribution is -2.48. The molecule has 0 heterocycles. The van der Waals surface area contributed by atoms with Crippen LogP contribution in [0, 0.1) is 0 Å². The molecule has 0 radical (unpaired) electrons. The Kier molecular flexibility index (Phi) is 27.3. The lowest BCUT2D eigenvalue weighted by Gasteiger charge is -2.32. The van der Waals surface area contributed by atoms with Crippen molar-refractivity contribution in [3.8, 4) is 0 Å². The van der Waals surface area contributed by atoms with Crippen LogP contribution in [0.25, 0.3) is 0 Å². The van der Waals surface area contributed by atoms with Gasteiger partial charge >= 0.3 is 17.1 Å². The summed E-state index contributed by atoms with van der Waals surface area (Å²) >= 11 is 0. The van der Waals surface area contributed by atoms with E-state index in [9.17, 15) is 0 Å². The van der Waals surface area contributed by atoms with Crippen molar-refractivity contribution in [2.45, 2.75) is 188 Å². The zero-order chi connectivity index (χ0) is 28.2. The van der Waals surface area contributed by atoms with Crippen LogP contribution >= 0.6 is 0 Å². The maximum Gasteiger partial charge on any atom is 0.323 e. The highest BCUT2D eigenvalue weighted by molar-refractivity contribution is 6.78. The van der Waals surface area contributed by atoms with Gasteiger partial charge in [0.15, 0.2) is 0 Å². The Balaban J connectivity index is 3.59. The molecule has 0 saturated carbocycles. The lowest BCUT2D eigenvalue weighted by atomic mass is 10.0. The molecule has 5 heteroatoms. The van der Waals surface area contributed by atoms with Crippen molar-refractivity contribution >= 4 is 17.1 Å². The average Bonchev–Trinajstić information content (AvgIpc) is 2.86. The Hall–Kier alpha value is 0.0538. The first-order valence-electron chi connectivity index (χ1n) is 17.0. The van der Waals surface area contributed by atoms with Crippen LogP contribution in [0.4, 0.5) is 0 Å².